The van der Waals surface area contributed by atoms with Crippen molar-refractivity contribution in [1.29, 1.82) is 0 Å². The van der Waals surface area contributed by atoms with Crippen LogP contribution in [0.3, 0.4) is 0 Å². The molecule has 0 saturated heterocycles. The molecule has 1 aromatic heterocycles. The summed E-state index contributed by atoms with van der Waals surface area (Å²) in [5.74, 6) is 1.40. The van der Waals surface area contributed by atoms with Crippen LogP contribution in [-0.4, -0.2) is 11.6 Å². The van der Waals surface area contributed by atoms with Gasteiger partial charge in [0.15, 0.2) is 0 Å². The third-order valence-corrected chi connectivity index (χ3v) is 3.18. The van der Waals surface area contributed by atoms with E-state index >= 15 is 0 Å². The first-order valence-electron chi connectivity index (χ1n) is 6.71. The van der Waals surface area contributed by atoms with Gasteiger partial charge in [0.1, 0.15) is 5.75 Å². The Morgan fingerprint density at radius 3 is 2.70 bits per heavy atom. The van der Waals surface area contributed by atoms with Gasteiger partial charge in [-0.25, -0.2) is 0 Å². The average Bonchev–Trinajstić information content (AvgIpc) is 2.45. The van der Waals surface area contributed by atoms with Crippen LogP contribution in [0.1, 0.15) is 19.5 Å². The van der Waals surface area contributed by atoms with Gasteiger partial charge in [-0.2, -0.15) is 0 Å². The lowest BCUT2D eigenvalue weighted by molar-refractivity contribution is 0.272. The van der Waals surface area contributed by atoms with Gasteiger partial charge in [0.2, 0.25) is 0 Å². The van der Waals surface area contributed by atoms with Crippen LogP contribution in [0, 0.1) is 5.92 Å². The molecule has 0 unspecified atom stereocenters. The maximum absolute atomic E-state index is 5.82. The Bertz CT molecular complexity index is 540. The molecule has 0 bridgehead atoms. The Labute approximate surface area is 128 Å². The highest BCUT2D eigenvalue weighted by Gasteiger charge is 2.04. The molecule has 1 aromatic carbocycles. The molecule has 1 N–H and O–H groups in total. The molecule has 0 aliphatic heterocycles. The van der Waals surface area contributed by atoms with Crippen molar-refractivity contribution in [3.05, 3.63) is 52.8 Å². The second-order valence-corrected chi connectivity index (χ2v) is 5.94. The summed E-state index contributed by atoms with van der Waals surface area (Å²) in [6.45, 7) is 5.67. The van der Waals surface area contributed by atoms with Gasteiger partial charge in [-0.3, -0.25) is 4.98 Å². The molecule has 0 fully saturated rings. The molecule has 0 saturated carbocycles. The molecular weight excluding hydrogens is 316 g/mol. The van der Waals surface area contributed by atoms with Crippen LogP contribution in [0.5, 0.6) is 5.75 Å². The largest absolute Gasteiger partial charge is 0.491 e. The van der Waals surface area contributed by atoms with Crippen molar-refractivity contribution in [2.45, 2.75) is 20.4 Å². The molecule has 0 aliphatic rings. The Balaban J connectivity index is 1.99. The molecule has 2 aromatic rings. The van der Waals surface area contributed by atoms with Crippen LogP contribution in [-0.2, 0) is 6.54 Å². The summed E-state index contributed by atoms with van der Waals surface area (Å²) in [5.41, 5.74) is 1.99. The predicted octanol–water partition coefficient (Wildman–Crippen LogP) is 4.49. The van der Waals surface area contributed by atoms with E-state index in [4.69, 9.17) is 4.74 Å². The van der Waals surface area contributed by atoms with E-state index in [0.29, 0.717) is 12.5 Å². The zero-order chi connectivity index (χ0) is 14.4. The van der Waals surface area contributed by atoms with Crippen LogP contribution in [0.25, 0.3) is 0 Å². The minimum absolute atomic E-state index is 0.510. The third kappa shape index (κ3) is 4.53. The number of halogens is 1. The smallest absolute Gasteiger partial charge is 0.142 e. The van der Waals surface area contributed by atoms with Crippen molar-refractivity contribution >= 4 is 21.6 Å². The Morgan fingerprint density at radius 1 is 1.20 bits per heavy atom. The van der Waals surface area contributed by atoms with Crippen LogP contribution < -0.4 is 10.1 Å². The van der Waals surface area contributed by atoms with Crippen molar-refractivity contribution in [1.82, 2.24) is 4.98 Å². The van der Waals surface area contributed by atoms with E-state index in [2.05, 4.69) is 40.1 Å². The first kappa shape index (κ1) is 14.9. The molecule has 0 amide bonds. The van der Waals surface area contributed by atoms with Crippen molar-refractivity contribution in [2.75, 3.05) is 11.9 Å². The topological polar surface area (TPSA) is 34.1 Å². The van der Waals surface area contributed by atoms with E-state index in [1.54, 1.807) is 6.20 Å². The number of hydrogen-bond acceptors (Lipinski definition) is 3. The number of anilines is 1. The standard InChI is InChI=1S/C16H19BrN2O/c1-12(2)11-20-16-6-4-3-5-15(16)19-10-14-8-7-13(17)9-18-14/h3-9,12,19H,10-11H2,1-2H3. The van der Waals surface area contributed by atoms with Gasteiger partial charge in [-0.05, 0) is 46.1 Å². The highest BCUT2D eigenvalue weighted by molar-refractivity contribution is 9.10. The lowest BCUT2D eigenvalue weighted by Gasteiger charge is -2.14. The molecular formula is C16H19BrN2O. The van der Waals surface area contributed by atoms with Crippen molar-refractivity contribution < 1.29 is 4.74 Å². The summed E-state index contributed by atoms with van der Waals surface area (Å²) in [4.78, 5) is 4.35. The van der Waals surface area contributed by atoms with E-state index in [0.717, 1.165) is 28.2 Å². The fourth-order valence-electron chi connectivity index (χ4n) is 1.69. The van der Waals surface area contributed by atoms with Gasteiger partial charge in [-0.1, -0.05) is 26.0 Å². The zero-order valence-corrected chi connectivity index (χ0v) is 13.4. The van der Waals surface area contributed by atoms with Crippen molar-refractivity contribution in [3.63, 3.8) is 0 Å². The minimum Gasteiger partial charge on any atom is -0.491 e. The summed E-state index contributed by atoms with van der Waals surface area (Å²) < 4.78 is 6.80. The fourth-order valence-corrected chi connectivity index (χ4v) is 1.93. The van der Waals surface area contributed by atoms with Gasteiger partial charge in [0.05, 0.1) is 24.5 Å². The molecule has 3 nitrogen and oxygen atoms in total. The third-order valence-electron chi connectivity index (χ3n) is 2.71. The van der Waals surface area contributed by atoms with Gasteiger partial charge in [0.25, 0.3) is 0 Å². The molecule has 20 heavy (non-hydrogen) atoms. The lowest BCUT2D eigenvalue weighted by Crippen LogP contribution is -2.08. The molecule has 1 heterocycles. The van der Waals surface area contributed by atoms with Crippen LogP contribution >= 0.6 is 15.9 Å². The Hall–Kier alpha value is -1.55. The first-order chi connectivity index (χ1) is 9.65. The maximum Gasteiger partial charge on any atom is 0.142 e. The number of benzene rings is 1. The number of aromatic nitrogens is 1. The second-order valence-electron chi connectivity index (χ2n) is 5.02. The molecule has 0 spiro atoms. The summed E-state index contributed by atoms with van der Waals surface area (Å²) in [6.07, 6.45) is 1.80. The highest BCUT2D eigenvalue weighted by Crippen LogP contribution is 2.24. The summed E-state index contributed by atoms with van der Waals surface area (Å²) in [6, 6.07) is 12.0. The average molecular weight is 335 g/mol. The number of nitrogens with zero attached hydrogens (tertiary/aromatic N) is 1. The monoisotopic (exact) mass is 334 g/mol. The van der Waals surface area contributed by atoms with Crippen molar-refractivity contribution in [3.8, 4) is 5.75 Å². The van der Waals surface area contributed by atoms with E-state index in [-0.39, 0.29) is 0 Å². The lowest BCUT2D eigenvalue weighted by atomic mass is 10.2. The molecule has 4 heteroatoms. The second kappa shape index (κ2) is 7.29. The van der Waals surface area contributed by atoms with Crippen LogP contribution in [0.15, 0.2) is 47.1 Å². The maximum atomic E-state index is 5.82. The number of hydrogen-bond donors (Lipinski definition) is 1. The van der Waals surface area contributed by atoms with Gasteiger partial charge >= 0.3 is 0 Å². The van der Waals surface area contributed by atoms with Gasteiger partial charge in [-0.15, -0.1) is 0 Å². The minimum atomic E-state index is 0.510. The summed E-state index contributed by atoms with van der Waals surface area (Å²) in [7, 11) is 0. The molecule has 0 aliphatic carbocycles. The molecule has 0 radical (unpaired) electrons. The van der Waals surface area contributed by atoms with E-state index in [9.17, 15) is 0 Å². The zero-order valence-electron chi connectivity index (χ0n) is 11.8. The van der Waals surface area contributed by atoms with E-state index < -0.39 is 0 Å². The molecule has 106 valence electrons. The SMILES string of the molecule is CC(C)COc1ccccc1NCc1ccc(Br)cn1. The summed E-state index contributed by atoms with van der Waals surface area (Å²) in [5, 5.41) is 3.37. The Kier molecular flexibility index (Phi) is 5.41. The van der Waals surface area contributed by atoms with Gasteiger partial charge in [0, 0.05) is 10.7 Å². The predicted molar refractivity (Wildman–Crippen MR) is 86.0 cm³/mol. The number of rotatable bonds is 6. The number of ether oxygens (including phenoxy) is 1. The van der Waals surface area contributed by atoms with Crippen LogP contribution in [0.2, 0.25) is 0 Å². The molecule has 2 rings (SSSR count). The Morgan fingerprint density at radius 2 is 2.00 bits per heavy atom. The normalized spacial score (nSPS) is 10.6. The number of para-hydroxylation sites is 2. The van der Waals surface area contributed by atoms with E-state index in [1.807, 2.05) is 36.4 Å². The first-order valence-corrected chi connectivity index (χ1v) is 7.50. The van der Waals surface area contributed by atoms with Gasteiger partial charge < -0.3 is 10.1 Å². The number of nitrogens with one attached hydrogen (secondary N) is 1. The highest BCUT2D eigenvalue weighted by atomic mass is 79.9. The fraction of sp³-hybridized carbons (Fsp3) is 0.312. The van der Waals surface area contributed by atoms with Crippen molar-refractivity contribution in [2.24, 2.45) is 5.92 Å². The van der Waals surface area contributed by atoms with E-state index in [1.165, 1.54) is 0 Å². The molecule has 0 atom stereocenters. The quantitative estimate of drug-likeness (QED) is 0.844. The van der Waals surface area contributed by atoms with Crippen LogP contribution in [0.4, 0.5) is 5.69 Å². The summed E-state index contributed by atoms with van der Waals surface area (Å²) >= 11 is 3.38. The number of pyridine rings is 1.